The predicted molar refractivity (Wildman–Crippen MR) is 37.2 cm³/mol. The van der Waals surface area contributed by atoms with Crippen LogP contribution in [-0.2, 0) is 9.84 Å². The molecule has 0 aromatic rings. The second-order valence-electron chi connectivity index (χ2n) is 1.94. The molecule has 1 aliphatic heterocycles. The van der Waals surface area contributed by atoms with Gasteiger partial charge in [-0.15, -0.1) is 0 Å². The predicted octanol–water partition coefficient (Wildman–Crippen LogP) is -0.333. The van der Waals surface area contributed by atoms with Crippen molar-refractivity contribution in [3.8, 4) is 0 Å². The Kier molecular flexibility index (Phi) is 1.61. The van der Waals surface area contributed by atoms with E-state index in [9.17, 15) is 8.42 Å². The molecule has 0 radical (unpaired) electrons. The van der Waals surface area contributed by atoms with E-state index in [-0.39, 0.29) is 17.3 Å². The summed E-state index contributed by atoms with van der Waals surface area (Å²) in [6.45, 7) is 1.07. The fourth-order valence-electron chi connectivity index (χ4n) is 0.629. The number of hydrogen-bond donors (Lipinski definition) is 1. The van der Waals surface area contributed by atoms with Crippen LogP contribution in [0.25, 0.3) is 0 Å². The van der Waals surface area contributed by atoms with Crippen LogP contribution in [0.4, 0.5) is 0 Å². The number of aliphatic imine (C=N–C) groups is 1. The molecular weight excluding hydrogens is 154 g/mol. The molecule has 0 aromatic heterocycles. The van der Waals surface area contributed by atoms with Gasteiger partial charge in [0.05, 0.1) is 17.7 Å². The zero-order valence-electron chi connectivity index (χ0n) is 5.40. The van der Waals surface area contributed by atoms with E-state index in [1.54, 1.807) is 0 Å². The van der Waals surface area contributed by atoms with Gasteiger partial charge in [0.2, 0.25) is 9.84 Å². The van der Waals surface area contributed by atoms with Crippen LogP contribution in [0.1, 0.15) is 6.92 Å². The molecule has 0 aliphatic carbocycles. The van der Waals surface area contributed by atoms with E-state index in [0.29, 0.717) is 0 Å². The van der Waals surface area contributed by atoms with Gasteiger partial charge in [-0.2, -0.15) is 0 Å². The Hall–Kier alpha value is -0.680. The van der Waals surface area contributed by atoms with Crippen molar-refractivity contribution < 1.29 is 13.5 Å². The molecule has 0 amide bonds. The fraction of sp³-hybridized carbons (Fsp3) is 0.400. The van der Waals surface area contributed by atoms with Crippen LogP contribution in [0, 0.1) is 0 Å². The lowest BCUT2D eigenvalue weighted by Crippen LogP contribution is -2.01. The molecule has 0 saturated carbocycles. The van der Waals surface area contributed by atoms with Gasteiger partial charge in [0.1, 0.15) is 5.04 Å². The molecule has 56 valence electrons. The van der Waals surface area contributed by atoms with E-state index in [1.807, 2.05) is 0 Å². The van der Waals surface area contributed by atoms with Crippen LogP contribution in [-0.4, -0.2) is 25.2 Å². The first kappa shape index (κ1) is 7.43. The van der Waals surface area contributed by atoms with Gasteiger partial charge >= 0.3 is 0 Å². The molecule has 0 bridgehead atoms. The zero-order chi connectivity index (χ0) is 7.78. The maximum atomic E-state index is 10.8. The van der Waals surface area contributed by atoms with E-state index in [0.717, 1.165) is 5.41 Å². The summed E-state index contributed by atoms with van der Waals surface area (Å²) in [5, 5.41) is 9.50. The van der Waals surface area contributed by atoms with Crippen molar-refractivity contribution in [2.45, 2.75) is 6.92 Å². The average Bonchev–Trinajstić information content (AvgIpc) is 2.08. The number of rotatable bonds is 1. The minimum absolute atomic E-state index is 0.0524. The molecule has 0 aromatic carbocycles. The number of hydrogen-bond acceptors (Lipinski definition) is 4. The second-order valence-corrected chi connectivity index (χ2v) is 3.86. The van der Waals surface area contributed by atoms with Gasteiger partial charge in [0.15, 0.2) is 0 Å². The van der Waals surface area contributed by atoms with Crippen LogP contribution in [0.15, 0.2) is 16.1 Å². The molecule has 0 spiro atoms. The van der Waals surface area contributed by atoms with E-state index < -0.39 is 9.84 Å². The number of aliphatic hydroxyl groups is 1. The Labute approximate surface area is 58.8 Å². The number of nitrogens with zero attached hydrogens (tertiary/aromatic N) is 1. The van der Waals surface area contributed by atoms with E-state index >= 15 is 0 Å². The summed E-state index contributed by atoms with van der Waals surface area (Å²) in [6.07, 6.45) is 0. The quantitative estimate of drug-likeness (QED) is 0.572. The Balaban J connectivity index is 3.12. The van der Waals surface area contributed by atoms with Crippen LogP contribution < -0.4 is 0 Å². The van der Waals surface area contributed by atoms with Gasteiger partial charge in [0.25, 0.3) is 0 Å². The lowest BCUT2D eigenvalue weighted by Gasteiger charge is -1.84. The molecule has 0 unspecified atom stereocenters. The lowest BCUT2D eigenvalue weighted by atomic mass is 10.5. The van der Waals surface area contributed by atoms with Crippen molar-refractivity contribution in [3.05, 3.63) is 11.1 Å². The molecule has 0 saturated heterocycles. The largest absolute Gasteiger partial charge is 0.390 e. The van der Waals surface area contributed by atoms with Gasteiger partial charge in [-0.1, -0.05) is 0 Å². The molecule has 1 N–H and O–H groups in total. The summed E-state index contributed by atoms with van der Waals surface area (Å²) in [5.74, 6) is 0. The first-order chi connectivity index (χ1) is 4.56. The third-order valence-corrected chi connectivity index (χ3v) is 2.66. The van der Waals surface area contributed by atoms with Crippen molar-refractivity contribution >= 4 is 14.9 Å². The van der Waals surface area contributed by atoms with Crippen LogP contribution >= 0.6 is 0 Å². The summed E-state index contributed by atoms with van der Waals surface area (Å²) < 4.78 is 21.6. The Morgan fingerprint density at radius 2 is 2.30 bits per heavy atom. The van der Waals surface area contributed by atoms with Crippen molar-refractivity contribution in [2.75, 3.05) is 6.61 Å². The van der Waals surface area contributed by atoms with E-state index in [4.69, 9.17) is 5.11 Å². The minimum atomic E-state index is -3.26. The highest BCUT2D eigenvalue weighted by atomic mass is 32.2. The molecule has 1 rings (SSSR count). The highest BCUT2D eigenvalue weighted by Crippen LogP contribution is 2.12. The highest BCUT2D eigenvalue weighted by molar-refractivity contribution is 8.09. The van der Waals surface area contributed by atoms with Crippen molar-refractivity contribution in [3.63, 3.8) is 0 Å². The minimum Gasteiger partial charge on any atom is -0.390 e. The van der Waals surface area contributed by atoms with Crippen LogP contribution in [0.2, 0.25) is 0 Å². The molecule has 10 heavy (non-hydrogen) atoms. The van der Waals surface area contributed by atoms with Gasteiger partial charge in [-0.3, -0.25) is 0 Å². The molecule has 4 nitrogen and oxygen atoms in total. The normalized spacial score (nSPS) is 22.2. The first-order valence-electron chi connectivity index (χ1n) is 2.68. The van der Waals surface area contributed by atoms with Crippen LogP contribution in [0.5, 0.6) is 0 Å². The molecule has 1 aliphatic rings. The third-order valence-electron chi connectivity index (χ3n) is 1.17. The number of sulfone groups is 1. The summed E-state index contributed by atoms with van der Waals surface area (Å²) in [6, 6.07) is 0. The SMILES string of the molecule is CC1=NC(CO)=CS1(=O)=O. The first-order valence-corrected chi connectivity index (χ1v) is 4.23. The Morgan fingerprint density at radius 1 is 1.70 bits per heavy atom. The van der Waals surface area contributed by atoms with E-state index in [2.05, 4.69) is 4.99 Å². The van der Waals surface area contributed by atoms with Crippen LogP contribution in [0.3, 0.4) is 0 Å². The lowest BCUT2D eigenvalue weighted by molar-refractivity contribution is 0.330. The van der Waals surface area contributed by atoms with Gasteiger partial charge in [0, 0.05) is 0 Å². The van der Waals surface area contributed by atoms with Crippen molar-refractivity contribution in [1.82, 2.24) is 0 Å². The molecule has 1 heterocycles. The summed E-state index contributed by atoms with van der Waals surface area (Å²) in [5.41, 5.74) is 0.206. The maximum Gasteiger partial charge on any atom is 0.214 e. The third kappa shape index (κ3) is 1.10. The topological polar surface area (TPSA) is 66.7 Å². The highest BCUT2D eigenvalue weighted by Gasteiger charge is 2.19. The fourth-order valence-corrected chi connectivity index (χ4v) is 1.53. The zero-order valence-corrected chi connectivity index (χ0v) is 6.22. The molecule has 5 heteroatoms. The second kappa shape index (κ2) is 2.17. The Bertz CT molecular complexity index is 299. The Morgan fingerprint density at radius 3 is 2.50 bits per heavy atom. The van der Waals surface area contributed by atoms with Crippen molar-refractivity contribution in [1.29, 1.82) is 0 Å². The standard InChI is InChI=1S/C5H7NO3S/c1-4-6-5(2-7)3-10(4,8)9/h3,7H,2H2,1H3. The van der Waals surface area contributed by atoms with Gasteiger partial charge in [-0.25, -0.2) is 13.4 Å². The average molecular weight is 161 g/mol. The van der Waals surface area contributed by atoms with Crippen molar-refractivity contribution in [2.24, 2.45) is 4.99 Å². The summed E-state index contributed by atoms with van der Waals surface area (Å²) in [4.78, 5) is 3.60. The molecular formula is C5H7NO3S. The van der Waals surface area contributed by atoms with E-state index in [1.165, 1.54) is 6.92 Å². The van der Waals surface area contributed by atoms with Gasteiger partial charge < -0.3 is 5.11 Å². The molecule has 0 atom stereocenters. The maximum absolute atomic E-state index is 10.8. The summed E-state index contributed by atoms with van der Waals surface area (Å²) in [7, 11) is -3.26. The number of aliphatic hydroxyl groups excluding tert-OH is 1. The molecule has 0 fully saturated rings. The monoisotopic (exact) mass is 161 g/mol. The smallest absolute Gasteiger partial charge is 0.214 e. The summed E-state index contributed by atoms with van der Waals surface area (Å²) >= 11 is 0. The van der Waals surface area contributed by atoms with Gasteiger partial charge in [-0.05, 0) is 6.92 Å².